The molecule has 0 N–H and O–H groups in total. The normalized spacial score (nSPS) is 31.4. The molecule has 1 atom stereocenters. The summed E-state index contributed by atoms with van der Waals surface area (Å²) >= 11 is 0. The van der Waals surface area contributed by atoms with Gasteiger partial charge in [-0.15, -0.1) is 0 Å². The van der Waals surface area contributed by atoms with Gasteiger partial charge in [-0.2, -0.15) is 0 Å². The zero-order valence-electron chi connectivity index (χ0n) is 10.3. The van der Waals surface area contributed by atoms with E-state index in [0.717, 1.165) is 18.9 Å². The van der Waals surface area contributed by atoms with Crippen LogP contribution in [0.2, 0.25) is 0 Å². The lowest BCUT2D eigenvalue weighted by atomic mass is 9.74. The Morgan fingerprint density at radius 3 is 2.88 bits per heavy atom. The Morgan fingerprint density at radius 1 is 1.29 bits per heavy atom. The van der Waals surface area contributed by atoms with Crippen LogP contribution in [0.5, 0.6) is 0 Å². The molecule has 0 amide bonds. The van der Waals surface area contributed by atoms with Gasteiger partial charge in [0.1, 0.15) is 0 Å². The lowest BCUT2D eigenvalue weighted by molar-refractivity contribution is -0.140. The van der Waals surface area contributed by atoms with Gasteiger partial charge in [-0.05, 0) is 44.9 Å². The maximum atomic E-state index is 6.01. The molecule has 4 rings (SSSR count). The Labute approximate surface area is 102 Å². The van der Waals surface area contributed by atoms with E-state index in [9.17, 15) is 0 Å². The summed E-state index contributed by atoms with van der Waals surface area (Å²) in [6.07, 6.45) is 13.1. The molecule has 3 nitrogen and oxygen atoms in total. The number of imidazole rings is 1. The van der Waals surface area contributed by atoms with Crippen LogP contribution < -0.4 is 0 Å². The fourth-order valence-corrected chi connectivity index (χ4v) is 3.47. The second kappa shape index (κ2) is 3.58. The molecule has 3 aliphatic rings. The van der Waals surface area contributed by atoms with Crippen molar-refractivity contribution in [3.8, 4) is 0 Å². The standard InChI is InChI=1S/C14H20N2O/c1-5-14(6-1)8-12(4-7-17-14)16-10-15-9-13(16)11-2-3-11/h9-12H,1-8H2. The zero-order chi connectivity index (χ0) is 11.3. The van der Waals surface area contributed by atoms with Gasteiger partial charge < -0.3 is 9.30 Å². The van der Waals surface area contributed by atoms with Crippen molar-refractivity contribution in [1.82, 2.24) is 9.55 Å². The molecule has 3 fully saturated rings. The third-order valence-electron chi connectivity index (χ3n) is 4.82. The van der Waals surface area contributed by atoms with Crippen molar-refractivity contribution in [1.29, 1.82) is 0 Å². The second-order valence-corrected chi connectivity index (χ2v) is 6.03. The zero-order valence-corrected chi connectivity index (χ0v) is 10.3. The maximum absolute atomic E-state index is 6.01. The molecule has 2 aliphatic carbocycles. The van der Waals surface area contributed by atoms with Crippen LogP contribution in [0.3, 0.4) is 0 Å². The lowest BCUT2D eigenvalue weighted by Crippen LogP contribution is -2.46. The Morgan fingerprint density at radius 2 is 2.18 bits per heavy atom. The largest absolute Gasteiger partial charge is 0.375 e. The minimum atomic E-state index is 0.244. The molecule has 1 aromatic heterocycles. The fraction of sp³-hybridized carbons (Fsp3) is 0.786. The molecule has 1 aromatic rings. The van der Waals surface area contributed by atoms with E-state index in [0.29, 0.717) is 6.04 Å². The predicted molar refractivity (Wildman–Crippen MR) is 65.0 cm³/mol. The van der Waals surface area contributed by atoms with Crippen LogP contribution >= 0.6 is 0 Å². The summed E-state index contributed by atoms with van der Waals surface area (Å²) < 4.78 is 8.47. The topological polar surface area (TPSA) is 27.1 Å². The molecule has 0 radical (unpaired) electrons. The van der Waals surface area contributed by atoms with Gasteiger partial charge in [-0.3, -0.25) is 0 Å². The van der Waals surface area contributed by atoms with Crippen molar-refractivity contribution < 1.29 is 4.74 Å². The summed E-state index contributed by atoms with van der Waals surface area (Å²) in [4.78, 5) is 4.37. The molecular formula is C14H20N2O. The predicted octanol–water partition coefficient (Wildman–Crippen LogP) is 3.03. The summed E-state index contributed by atoms with van der Waals surface area (Å²) in [5.74, 6) is 0.803. The molecule has 1 aliphatic heterocycles. The minimum absolute atomic E-state index is 0.244. The first kappa shape index (κ1) is 10.1. The van der Waals surface area contributed by atoms with Gasteiger partial charge in [0.2, 0.25) is 0 Å². The van der Waals surface area contributed by atoms with Crippen LogP contribution in [0.15, 0.2) is 12.5 Å². The van der Waals surface area contributed by atoms with E-state index in [1.54, 1.807) is 0 Å². The Hall–Kier alpha value is -0.830. The molecule has 2 saturated carbocycles. The smallest absolute Gasteiger partial charge is 0.0950 e. The maximum Gasteiger partial charge on any atom is 0.0950 e. The summed E-state index contributed by atoms with van der Waals surface area (Å²) in [5.41, 5.74) is 1.72. The van der Waals surface area contributed by atoms with E-state index < -0.39 is 0 Å². The fourth-order valence-electron chi connectivity index (χ4n) is 3.47. The number of ether oxygens (including phenoxy) is 1. The highest BCUT2D eigenvalue weighted by Crippen LogP contribution is 2.47. The van der Waals surface area contributed by atoms with Gasteiger partial charge in [0.15, 0.2) is 0 Å². The number of rotatable bonds is 2. The van der Waals surface area contributed by atoms with Gasteiger partial charge in [0.05, 0.1) is 11.9 Å². The van der Waals surface area contributed by atoms with E-state index >= 15 is 0 Å². The highest BCUT2D eigenvalue weighted by Gasteiger charge is 2.43. The average molecular weight is 232 g/mol. The van der Waals surface area contributed by atoms with E-state index in [2.05, 4.69) is 22.1 Å². The molecular weight excluding hydrogens is 212 g/mol. The molecule has 1 spiro atoms. The van der Waals surface area contributed by atoms with Crippen LogP contribution in [0.1, 0.15) is 62.6 Å². The summed E-state index contributed by atoms with van der Waals surface area (Å²) in [6, 6.07) is 0.641. The van der Waals surface area contributed by atoms with E-state index in [1.807, 2.05) is 0 Å². The molecule has 1 saturated heterocycles. The highest BCUT2D eigenvalue weighted by atomic mass is 16.5. The lowest BCUT2D eigenvalue weighted by Gasteiger charge is -2.47. The van der Waals surface area contributed by atoms with Crippen LogP contribution in [-0.2, 0) is 4.74 Å². The number of hydrogen-bond acceptors (Lipinski definition) is 2. The number of nitrogens with zero attached hydrogens (tertiary/aromatic N) is 2. The van der Waals surface area contributed by atoms with Crippen molar-refractivity contribution >= 4 is 0 Å². The van der Waals surface area contributed by atoms with E-state index in [4.69, 9.17) is 4.74 Å². The van der Waals surface area contributed by atoms with Crippen LogP contribution in [0, 0.1) is 0 Å². The molecule has 0 bridgehead atoms. The van der Waals surface area contributed by atoms with Gasteiger partial charge in [-0.1, -0.05) is 0 Å². The Kier molecular flexibility index (Phi) is 2.13. The van der Waals surface area contributed by atoms with Crippen LogP contribution in [-0.4, -0.2) is 21.8 Å². The monoisotopic (exact) mass is 232 g/mol. The summed E-state index contributed by atoms with van der Waals surface area (Å²) in [7, 11) is 0. The first-order chi connectivity index (χ1) is 8.36. The number of aromatic nitrogens is 2. The van der Waals surface area contributed by atoms with Crippen molar-refractivity contribution in [3.63, 3.8) is 0 Å². The molecule has 1 unspecified atom stereocenters. The Bertz CT molecular complexity index is 418. The molecule has 17 heavy (non-hydrogen) atoms. The second-order valence-electron chi connectivity index (χ2n) is 6.03. The van der Waals surface area contributed by atoms with Crippen molar-refractivity contribution in [3.05, 3.63) is 18.2 Å². The van der Waals surface area contributed by atoms with Crippen molar-refractivity contribution in [2.24, 2.45) is 0 Å². The summed E-state index contributed by atoms with van der Waals surface area (Å²) in [6.45, 7) is 0.937. The quantitative estimate of drug-likeness (QED) is 0.783. The summed E-state index contributed by atoms with van der Waals surface area (Å²) in [5, 5.41) is 0. The molecule has 0 aromatic carbocycles. The van der Waals surface area contributed by atoms with Gasteiger partial charge in [0.25, 0.3) is 0 Å². The van der Waals surface area contributed by atoms with Gasteiger partial charge in [-0.25, -0.2) is 4.98 Å². The number of hydrogen-bond donors (Lipinski definition) is 0. The average Bonchev–Trinajstić information content (AvgIpc) is 3.05. The van der Waals surface area contributed by atoms with Gasteiger partial charge in [0, 0.05) is 30.5 Å². The van der Waals surface area contributed by atoms with Crippen molar-refractivity contribution in [2.75, 3.05) is 6.61 Å². The molecule has 3 heteroatoms. The minimum Gasteiger partial charge on any atom is -0.375 e. The Balaban J connectivity index is 1.58. The van der Waals surface area contributed by atoms with Gasteiger partial charge >= 0.3 is 0 Å². The van der Waals surface area contributed by atoms with Crippen LogP contribution in [0.25, 0.3) is 0 Å². The van der Waals surface area contributed by atoms with E-state index in [-0.39, 0.29) is 5.60 Å². The van der Waals surface area contributed by atoms with E-state index in [1.165, 1.54) is 44.2 Å². The first-order valence-corrected chi connectivity index (χ1v) is 7.02. The highest BCUT2D eigenvalue weighted by molar-refractivity contribution is 5.14. The van der Waals surface area contributed by atoms with Crippen molar-refractivity contribution in [2.45, 2.75) is 62.5 Å². The third kappa shape index (κ3) is 1.63. The third-order valence-corrected chi connectivity index (χ3v) is 4.82. The first-order valence-electron chi connectivity index (χ1n) is 7.02. The molecule has 2 heterocycles. The van der Waals surface area contributed by atoms with Crippen LogP contribution in [0.4, 0.5) is 0 Å². The molecule has 92 valence electrons. The SMILES string of the molecule is c1ncn(C2CCOC3(CCC3)C2)c1C1CC1.